The first kappa shape index (κ1) is 16.3. The standard InChI is InChI=1S/C16H21N3O2S/c1-10-15(22-12(3)17-10)11(2)18-16(21)19(4)9-13-7-5-6-8-14(13)20/h5-8,11,20H,9H2,1-4H3,(H,18,21). The van der Waals surface area contributed by atoms with E-state index in [0.717, 1.165) is 21.1 Å². The third-order valence-corrected chi connectivity index (χ3v) is 4.67. The zero-order valence-electron chi connectivity index (χ0n) is 13.3. The van der Waals surface area contributed by atoms with Gasteiger partial charge in [0.2, 0.25) is 0 Å². The summed E-state index contributed by atoms with van der Waals surface area (Å²) in [5, 5.41) is 13.7. The van der Waals surface area contributed by atoms with Gasteiger partial charge in [0.25, 0.3) is 0 Å². The molecule has 1 aromatic carbocycles. The Balaban J connectivity index is 1.99. The van der Waals surface area contributed by atoms with E-state index >= 15 is 0 Å². The molecule has 0 aliphatic rings. The van der Waals surface area contributed by atoms with Gasteiger partial charge in [-0.25, -0.2) is 9.78 Å². The summed E-state index contributed by atoms with van der Waals surface area (Å²) in [4.78, 5) is 19.3. The smallest absolute Gasteiger partial charge is 0.317 e. The lowest BCUT2D eigenvalue weighted by Crippen LogP contribution is -2.38. The van der Waals surface area contributed by atoms with Gasteiger partial charge in [0.05, 0.1) is 23.3 Å². The molecule has 1 atom stereocenters. The first-order valence-corrected chi connectivity index (χ1v) is 7.92. The Morgan fingerprint density at radius 3 is 2.68 bits per heavy atom. The van der Waals surface area contributed by atoms with Crippen molar-refractivity contribution in [1.29, 1.82) is 0 Å². The van der Waals surface area contributed by atoms with Gasteiger partial charge in [-0.15, -0.1) is 11.3 Å². The van der Waals surface area contributed by atoms with Crippen LogP contribution in [0.1, 0.15) is 34.1 Å². The van der Waals surface area contributed by atoms with Crippen molar-refractivity contribution in [2.24, 2.45) is 0 Å². The van der Waals surface area contributed by atoms with Crippen molar-refractivity contribution in [3.63, 3.8) is 0 Å². The molecule has 0 radical (unpaired) electrons. The topological polar surface area (TPSA) is 65.5 Å². The lowest BCUT2D eigenvalue weighted by molar-refractivity contribution is 0.203. The van der Waals surface area contributed by atoms with Crippen LogP contribution in [0.3, 0.4) is 0 Å². The number of nitrogens with one attached hydrogen (secondary N) is 1. The van der Waals surface area contributed by atoms with E-state index in [-0.39, 0.29) is 17.8 Å². The number of amides is 2. The molecule has 1 unspecified atom stereocenters. The summed E-state index contributed by atoms with van der Waals surface area (Å²) in [6, 6.07) is 6.75. The van der Waals surface area contributed by atoms with E-state index in [2.05, 4.69) is 10.3 Å². The van der Waals surface area contributed by atoms with Crippen LogP contribution < -0.4 is 5.32 Å². The lowest BCUT2D eigenvalue weighted by Gasteiger charge is -2.21. The van der Waals surface area contributed by atoms with Crippen molar-refractivity contribution in [2.45, 2.75) is 33.4 Å². The summed E-state index contributed by atoms with van der Waals surface area (Å²) >= 11 is 1.60. The van der Waals surface area contributed by atoms with Crippen LogP contribution in [0.5, 0.6) is 5.75 Å². The number of carbonyl (C=O) groups is 1. The maximum absolute atomic E-state index is 12.3. The molecule has 0 aliphatic carbocycles. The third-order valence-electron chi connectivity index (χ3n) is 3.42. The van der Waals surface area contributed by atoms with E-state index in [9.17, 15) is 9.90 Å². The van der Waals surface area contributed by atoms with Crippen LogP contribution >= 0.6 is 11.3 Å². The molecular weight excluding hydrogens is 298 g/mol. The van der Waals surface area contributed by atoms with E-state index in [1.165, 1.54) is 0 Å². The van der Waals surface area contributed by atoms with Crippen molar-refractivity contribution >= 4 is 17.4 Å². The second-order valence-electron chi connectivity index (χ2n) is 5.34. The summed E-state index contributed by atoms with van der Waals surface area (Å²) in [5.41, 5.74) is 1.68. The van der Waals surface area contributed by atoms with Gasteiger partial charge in [-0.1, -0.05) is 18.2 Å². The molecular formula is C16H21N3O2S. The molecule has 5 nitrogen and oxygen atoms in total. The molecule has 0 bridgehead atoms. The number of aryl methyl sites for hydroxylation is 2. The largest absolute Gasteiger partial charge is 0.508 e. The van der Waals surface area contributed by atoms with E-state index in [1.807, 2.05) is 26.8 Å². The number of phenolic OH excluding ortho intramolecular Hbond substituents is 1. The second-order valence-corrected chi connectivity index (χ2v) is 6.57. The molecule has 2 rings (SSSR count). The van der Waals surface area contributed by atoms with Gasteiger partial charge in [0, 0.05) is 17.5 Å². The van der Waals surface area contributed by atoms with Crippen molar-refractivity contribution < 1.29 is 9.90 Å². The number of phenols is 1. The van der Waals surface area contributed by atoms with Gasteiger partial charge >= 0.3 is 6.03 Å². The number of aromatic hydroxyl groups is 1. The van der Waals surface area contributed by atoms with E-state index in [1.54, 1.807) is 41.5 Å². The van der Waals surface area contributed by atoms with E-state index in [4.69, 9.17) is 0 Å². The molecule has 0 fully saturated rings. The average Bonchev–Trinajstić information content (AvgIpc) is 2.80. The molecule has 0 saturated carbocycles. The fourth-order valence-corrected chi connectivity index (χ4v) is 3.21. The quantitative estimate of drug-likeness (QED) is 0.908. The predicted octanol–water partition coefficient (Wildman–Crippen LogP) is 3.37. The number of para-hydroxylation sites is 1. The fraction of sp³-hybridized carbons (Fsp3) is 0.375. The number of aromatic nitrogens is 1. The minimum atomic E-state index is -0.179. The maximum Gasteiger partial charge on any atom is 0.317 e. The monoisotopic (exact) mass is 319 g/mol. The average molecular weight is 319 g/mol. The maximum atomic E-state index is 12.3. The molecule has 0 spiro atoms. The van der Waals surface area contributed by atoms with Crippen LogP contribution in [0.2, 0.25) is 0 Å². The molecule has 2 aromatic rings. The Morgan fingerprint density at radius 1 is 1.41 bits per heavy atom. The van der Waals surface area contributed by atoms with Gasteiger partial charge < -0.3 is 15.3 Å². The Hall–Kier alpha value is -2.08. The highest BCUT2D eigenvalue weighted by Crippen LogP contribution is 2.24. The first-order chi connectivity index (χ1) is 10.4. The summed E-state index contributed by atoms with van der Waals surface area (Å²) in [7, 11) is 1.71. The summed E-state index contributed by atoms with van der Waals surface area (Å²) in [6.07, 6.45) is 0. The lowest BCUT2D eigenvalue weighted by atomic mass is 10.2. The first-order valence-electron chi connectivity index (χ1n) is 7.11. The van der Waals surface area contributed by atoms with Gasteiger partial charge in [-0.05, 0) is 26.8 Å². The minimum Gasteiger partial charge on any atom is -0.508 e. The summed E-state index contributed by atoms with van der Waals surface area (Å²) < 4.78 is 0. The van der Waals surface area contributed by atoms with Crippen LogP contribution in [0, 0.1) is 13.8 Å². The molecule has 22 heavy (non-hydrogen) atoms. The highest BCUT2D eigenvalue weighted by atomic mass is 32.1. The van der Waals surface area contributed by atoms with Crippen molar-refractivity contribution in [2.75, 3.05) is 7.05 Å². The van der Waals surface area contributed by atoms with Crippen LogP contribution in [0.25, 0.3) is 0 Å². The number of thiazole rings is 1. The highest BCUT2D eigenvalue weighted by molar-refractivity contribution is 7.11. The number of nitrogens with zero attached hydrogens (tertiary/aromatic N) is 2. The van der Waals surface area contributed by atoms with Gasteiger partial charge in [-0.2, -0.15) is 0 Å². The Kier molecular flexibility index (Phi) is 5.03. The minimum absolute atomic E-state index is 0.0921. The van der Waals surface area contributed by atoms with Gasteiger partial charge in [0.15, 0.2) is 0 Å². The molecule has 0 saturated heterocycles. The molecule has 1 aromatic heterocycles. The van der Waals surface area contributed by atoms with Crippen molar-refractivity contribution in [3.8, 4) is 5.75 Å². The van der Waals surface area contributed by atoms with Gasteiger partial charge in [0.1, 0.15) is 5.75 Å². The number of hydrogen-bond acceptors (Lipinski definition) is 4. The normalized spacial score (nSPS) is 12.0. The predicted molar refractivity (Wildman–Crippen MR) is 88.1 cm³/mol. The molecule has 1 heterocycles. The zero-order valence-corrected chi connectivity index (χ0v) is 14.1. The molecule has 2 N–H and O–H groups in total. The summed E-state index contributed by atoms with van der Waals surface area (Å²) in [5.74, 6) is 0.198. The SMILES string of the molecule is Cc1nc(C)c(C(C)NC(=O)N(C)Cc2ccccc2O)s1. The zero-order chi connectivity index (χ0) is 16.3. The van der Waals surface area contributed by atoms with Crippen LogP contribution in [-0.2, 0) is 6.54 Å². The Morgan fingerprint density at radius 2 is 2.09 bits per heavy atom. The number of carbonyl (C=O) groups excluding carboxylic acids is 1. The highest BCUT2D eigenvalue weighted by Gasteiger charge is 2.18. The van der Waals surface area contributed by atoms with Crippen LogP contribution in [0.4, 0.5) is 4.79 Å². The Labute approximate surface area is 134 Å². The summed E-state index contributed by atoms with van der Waals surface area (Å²) in [6.45, 7) is 6.21. The molecule has 6 heteroatoms. The van der Waals surface area contributed by atoms with Crippen molar-refractivity contribution in [3.05, 3.63) is 45.4 Å². The van der Waals surface area contributed by atoms with Gasteiger partial charge in [-0.3, -0.25) is 0 Å². The number of urea groups is 1. The number of rotatable bonds is 4. The third kappa shape index (κ3) is 3.76. The molecule has 118 valence electrons. The van der Waals surface area contributed by atoms with Crippen LogP contribution in [-0.4, -0.2) is 28.1 Å². The Bertz CT molecular complexity index is 669. The van der Waals surface area contributed by atoms with E-state index < -0.39 is 0 Å². The number of hydrogen-bond donors (Lipinski definition) is 2. The second kappa shape index (κ2) is 6.79. The van der Waals surface area contributed by atoms with E-state index in [0.29, 0.717) is 6.54 Å². The van der Waals surface area contributed by atoms with Crippen LogP contribution in [0.15, 0.2) is 24.3 Å². The fourth-order valence-electron chi connectivity index (χ4n) is 2.28. The molecule has 0 aliphatic heterocycles. The number of benzene rings is 1. The van der Waals surface area contributed by atoms with Crippen molar-refractivity contribution in [1.82, 2.24) is 15.2 Å². The molecule has 2 amide bonds.